The number of hydrogen-bond donors (Lipinski definition) is 2. The third kappa shape index (κ3) is 2.77. The van der Waals surface area contributed by atoms with Crippen molar-refractivity contribution < 1.29 is 4.74 Å². The first-order valence-corrected chi connectivity index (χ1v) is 6.97. The lowest BCUT2D eigenvalue weighted by molar-refractivity contribution is 0.114. The average Bonchev–Trinajstić information content (AvgIpc) is 2.89. The maximum absolute atomic E-state index is 6.02. The van der Waals surface area contributed by atoms with E-state index in [-0.39, 0.29) is 0 Å². The number of likely N-dealkylation sites (tertiary alicyclic amines) is 1. The van der Waals surface area contributed by atoms with Crippen molar-refractivity contribution in [1.82, 2.24) is 15.1 Å². The van der Waals surface area contributed by atoms with Gasteiger partial charge in [0.15, 0.2) is 0 Å². The number of nitrogens with two attached hydrogens (primary N) is 1. The van der Waals surface area contributed by atoms with Gasteiger partial charge in [-0.05, 0) is 37.6 Å². The lowest BCUT2D eigenvalue weighted by atomic mass is 10.1. The second-order valence-electron chi connectivity index (χ2n) is 5.34. The van der Waals surface area contributed by atoms with Gasteiger partial charge in [-0.2, -0.15) is 5.10 Å². The van der Waals surface area contributed by atoms with E-state index in [2.05, 4.69) is 22.1 Å². The van der Waals surface area contributed by atoms with Gasteiger partial charge in [-0.3, -0.25) is 5.10 Å². The Bertz CT molecular complexity index is 556. The number of H-pyrrole nitrogens is 1. The molecule has 1 aromatic heterocycles. The van der Waals surface area contributed by atoms with Gasteiger partial charge in [0.05, 0.1) is 6.20 Å². The van der Waals surface area contributed by atoms with E-state index in [0.29, 0.717) is 11.9 Å². The van der Waals surface area contributed by atoms with Gasteiger partial charge < -0.3 is 15.4 Å². The van der Waals surface area contributed by atoms with E-state index < -0.39 is 0 Å². The van der Waals surface area contributed by atoms with Crippen molar-refractivity contribution in [3.05, 3.63) is 30.5 Å². The average molecular weight is 272 g/mol. The molecule has 5 heteroatoms. The molecule has 3 N–H and O–H groups in total. The Morgan fingerprint density at radius 2 is 1.95 bits per heavy atom. The van der Waals surface area contributed by atoms with E-state index in [1.165, 1.54) is 0 Å². The summed E-state index contributed by atoms with van der Waals surface area (Å²) in [5, 5.41) is 6.68. The molecule has 3 rings (SSSR count). The zero-order valence-corrected chi connectivity index (χ0v) is 11.7. The predicted molar refractivity (Wildman–Crippen MR) is 79.6 cm³/mol. The van der Waals surface area contributed by atoms with E-state index in [1.54, 1.807) is 6.20 Å². The minimum atomic E-state index is 0.330. The number of anilines is 1. The van der Waals surface area contributed by atoms with Crippen LogP contribution in [0.5, 0.6) is 5.75 Å². The lowest BCUT2D eigenvalue weighted by Crippen LogP contribution is -2.35. The summed E-state index contributed by atoms with van der Waals surface area (Å²) in [5.74, 6) is 1.51. The molecule has 0 radical (unpaired) electrons. The highest BCUT2D eigenvalue weighted by Gasteiger charge is 2.17. The molecule has 2 heterocycles. The highest BCUT2D eigenvalue weighted by molar-refractivity contribution is 5.73. The first-order chi connectivity index (χ1) is 9.72. The van der Waals surface area contributed by atoms with E-state index in [9.17, 15) is 0 Å². The van der Waals surface area contributed by atoms with Crippen molar-refractivity contribution in [1.29, 1.82) is 0 Å². The number of ether oxygens (including phenoxy) is 1. The molecule has 0 spiro atoms. The SMILES string of the molecule is CN1CCC(Oc2ccc(-c3cn[nH]c3N)cc2)CC1. The topological polar surface area (TPSA) is 67.2 Å². The van der Waals surface area contributed by atoms with Gasteiger partial charge in [0.2, 0.25) is 0 Å². The summed E-state index contributed by atoms with van der Waals surface area (Å²) in [5.41, 5.74) is 7.79. The normalized spacial score (nSPS) is 17.2. The van der Waals surface area contributed by atoms with Gasteiger partial charge in [-0.25, -0.2) is 0 Å². The van der Waals surface area contributed by atoms with Crippen LogP contribution in [0.15, 0.2) is 30.5 Å². The van der Waals surface area contributed by atoms with E-state index in [1.807, 2.05) is 24.3 Å². The summed E-state index contributed by atoms with van der Waals surface area (Å²) < 4.78 is 6.02. The fourth-order valence-corrected chi connectivity index (χ4v) is 2.53. The van der Waals surface area contributed by atoms with Crippen molar-refractivity contribution in [2.45, 2.75) is 18.9 Å². The van der Waals surface area contributed by atoms with Crippen LogP contribution >= 0.6 is 0 Å². The van der Waals surface area contributed by atoms with Crippen LogP contribution in [0.25, 0.3) is 11.1 Å². The molecule has 0 amide bonds. The highest BCUT2D eigenvalue weighted by atomic mass is 16.5. The molecule has 1 fully saturated rings. The second kappa shape index (κ2) is 5.54. The van der Waals surface area contributed by atoms with Gasteiger partial charge in [0.1, 0.15) is 17.7 Å². The van der Waals surface area contributed by atoms with Gasteiger partial charge in [-0.1, -0.05) is 12.1 Å². The Hall–Kier alpha value is -2.01. The third-order valence-electron chi connectivity index (χ3n) is 3.80. The molecule has 1 aliphatic rings. The fraction of sp³-hybridized carbons (Fsp3) is 0.400. The van der Waals surface area contributed by atoms with Gasteiger partial charge in [-0.15, -0.1) is 0 Å². The highest BCUT2D eigenvalue weighted by Crippen LogP contribution is 2.26. The molecule has 0 bridgehead atoms. The molecule has 106 valence electrons. The Labute approximate surface area is 118 Å². The van der Waals surface area contributed by atoms with Gasteiger partial charge in [0, 0.05) is 18.7 Å². The summed E-state index contributed by atoms with van der Waals surface area (Å²) in [4.78, 5) is 2.34. The molecule has 0 unspecified atom stereocenters. The van der Waals surface area contributed by atoms with Gasteiger partial charge in [0.25, 0.3) is 0 Å². The number of nitrogen functional groups attached to an aromatic ring is 1. The maximum atomic E-state index is 6.02. The van der Waals surface area contributed by atoms with Crippen molar-refractivity contribution >= 4 is 5.82 Å². The second-order valence-corrected chi connectivity index (χ2v) is 5.34. The molecule has 5 nitrogen and oxygen atoms in total. The largest absolute Gasteiger partial charge is 0.490 e. The number of nitrogens with one attached hydrogen (secondary N) is 1. The lowest BCUT2D eigenvalue weighted by Gasteiger charge is -2.29. The zero-order chi connectivity index (χ0) is 13.9. The molecular weight excluding hydrogens is 252 g/mol. The molecule has 2 aromatic rings. The zero-order valence-electron chi connectivity index (χ0n) is 11.7. The number of rotatable bonds is 3. The smallest absolute Gasteiger partial charge is 0.126 e. The number of benzene rings is 1. The van der Waals surface area contributed by atoms with Crippen LogP contribution in [-0.4, -0.2) is 41.3 Å². The van der Waals surface area contributed by atoms with Crippen LogP contribution < -0.4 is 10.5 Å². The van der Waals surface area contributed by atoms with Crippen molar-refractivity contribution in [3.63, 3.8) is 0 Å². The van der Waals surface area contributed by atoms with Crippen molar-refractivity contribution in [2.75, 3.05) is 25.9 Å². The van der Waals surface area contributed by atoms with Crippen LogP contribution in [0.2, 0.25) is 0 Å². The summed E-state index contributed by atoms with van der Waals surface area (Å²) in [6.45, 7) is 2.21. The van der Waals surface area contributed by atoms with Gasteiger partial charge >= 0.3 is 0 Å². The molecule has 1 aromatic carbocycles. The van der Waals surface area contributed by atoms with Crippen molar-refractivity contribution in [2.24, 2.45) is 0 Å². The number of piperidine rings is 1. The summed E-state index contributed by atoms with van der Waals surface area (Å²) >= 11 is 0. The standard InChI is InChI=1S/C15H20N4O/c1-19-8-6-13(7-9-19)20-12-4-2-11(3-5-12)14-10-17-18-15(14)16/h2-5,10,13H,6-9H2,1H3,(H3,16,17,18). The van der Waals surface area contributed by atoms with E-state index >= 15 is 0 Å². The molecule has 1 aliphatic heterocycles. The molecule has 20 heavy (non-hydrogen) atoms. The summed E-state index contributed by atoms with van der Waals surface area (Å²) in [7, 11) is 2.15. The van der Waals surface area contributed by atoms with E-state index in [4.69, 9.17) is 10.5 Å². The molecule has 0 aliphatic carbocycles. The predicted octanol–water partition coefficient (Wildman–Crippen LogP) is 2.13. The van der Waals surface area contributed by atoms with E-state index in [0.717, 1.165) is 42.8 Å². The summed E-state index contributed by atoms with van der Waals surface area (Å²) in [6, 6.07) is 8.04. The van der Waals surface area contributed by atoms with Crippen LogP contribution in [0.1, 0.15) is 12.8 Å². The molecule has 0 saturated carbocycles. The molecule has 1 saturated heterocycles. The Morgan fingerprint density at radius 3 is 2.55 bits per heavy atom. The van der Waals surface area contributed by atoms with Crippen LogP contribution in [-0.2, 0) is 0 Å². The minimum absolute atomic E-state index is 0.330. The van der Waals surface area contributed by atoms with Crippen LogP contribution in [0.4, 0.5) is 5.82 Å². The third-order valence-corrected chi connectivity index (χ3v) is 3.80. The maximum Gasteiger partial charge on any atom is 0.126 e. The Morgan fingerprint density at radius 1 is 1.25 bits per heavy atom. The number of nitrogens with zero attached hydrogens (tertiary/aromatic N) is 2. The Balaban J connectivity index is 1.66. The molecule has 0 atom stereocenters. The number of hydrogen-bond acceptors (Lipinski definition) is 4. The van der Waals surface area contributed by atoms with Crippen molar-refractivity contribution in [3.8, 4) is 16.9 Å². The summed E-state index contributed by atoms with van der Waals surface area (Å²) in [6.07, 6.45) is 4.25. The monoisotopic (exact) mass is 272 g/mol. The Kier molecular flexibility index (Phi) is 3.60. The molecular formula is C15H20N4O. The van der Waals surface area contributed by atoms with Crippen LogP contribution in [0, 0.1) is 0 Å². The number of aromatic nitrogens is 2. The minimum Gasteiger partial charge on any atom is -0.490 e. The fourth-order valence-electron chi connectivity index (χ4n) is 2.53. The van der Waals surface area contributed by atoms with Crippen LogP contribution in [0.3, 0.4) is 0 Å². The number of aromatic amines is 1. The first kappa shape index (κ1) is 13.0. The quantitative estimate of drug-likeness (QED) is 0.898. The first-order valence-electron chi connectivity index (χ1n) is 6.97.